The monoisotopic (exact) mass is 412 g/mol. The quantitative estimate of drug-likeness (QED) is 0.528. The summed E-state index contributed by atoms with van der Waals surface area (Å²) in [5, 5.41) is 14.8. The summed E-state index contributed by atoms with van der Waals surface area (Å²) < 4.78 is 2.21. The maximum atomic E-state index is 12.6. The molecule has 0 radical (unpaired) electrons. The van der Waals surface area contributed by atoms with Gasteiger partial charge in [-0.25, -0.2) is 0 Å². The van der Waals surface area contributed by atoms with Crippen molar-refractivity contribution >= 4 is 29.0 Å². The van der Waals surface area contributed by atoms with Crippen LogP contribution in [0.1, 0.15) is 49.4 Å². The molecule has 0 spiro atoms. The minimum atomic E-state index is 0.0282. The van der Waals surface area contributed by atoms with Gasteiger partial charge in [-0.05, 0) is 43.2 Å². The van der Waals surface area contributed by atoms with E-state index in [0.717, 1.165) is 40.7 Å². The van der Waals surface area contributed by atoms with Crippen LogP contribution in [0.25, 0.3) is 10.7 Å². The van der Waals surface area contributed by atoms with Crippen LogP contribution in [0.2, 0.25) is 0 Å². The zero-order valence-corrected chi connectivity index (χ0v) is 17.7. The fraction of sp³-hybridized carbons (Fsp3) is 0.381. The summed E-state index contributed by atoms with van der Waals surface area (Å²) in [5.74, 6) is 1.30. The van der Waals surface area contributed by atoms with Crippen molar-refractivity contribution in [3.63, 3.8) is 0 Å². The molecule has 0 saturated heterocycles. The van der Waals surface area contributed by atoms with Gasteiger partial charge < -0.3 is 5.32 Å². The number of benzene rings is 1. The van der Waals surface area contributed by atoms with Crippen LogP contribution >= 0.6 is 23.1 Å². The van der Waals surface area contributed by atoms with Crippen LogP contribution in [-0.2, 0) is 4.79 Å². The number of aryl methyl sites for hydroxylation is 1. The van der Waals surface area contributed by atoms with Crippen molar-refractivity contribution in [2.24, 2.45) is 0 Å². The highest BCUT2D eigenvalue weighted by molar-refractivity contribution is 7.99. The van der Waals surface area contributed by atoms with Crippen LogP contribution in [-0.4, -0.2) is 26.4 Å². The number of amides is 1. The Morgan fingerprint density at radius 1 is 1.29 bits per heavy atom. The Labute approximate surface area is 173 Å². The summed E-state index contributed by atoms with van der Waals surface area (Å²) in [4.78, 5) is 13.7. The lowest BCUT2D eigenvalue weighted by molar-refractivity contribution is -0.119. The number of thiophene rings is 1. The smallest absolute Gasteiger partial charge is 0.230 e. The fourth-order valence-corrected chi connectivity index (χ4v) is 4.72. The predicted octanol–water partition coefficient (Wildman–Crippen LogP) is 5.01. The number of hydrogen-bond donors (Lipinski definition) is 1. The zero-order chi connectivity index (χ0) is 19.5. The molecule has 1 saturated carbocycles. The first-order chi connectivity index (χ1) is 13.7. The van der Waals surface area contributed by atoms with Crippen LogP contribution in [0.4, 0.5) is 0 Å². The van der Waals surface area contributed by atoms with Crippen LogP contribution in [0, 0.1) is 6.92 Å². The first kappa shape index (κ1) is 19.2. The van der Waals surface area contributed by atoms with E-state index in [1.165, 1.54) is 17.3 Å². The van der Waals surface area contributed by atoms with Gasteiger partial charge >= 0.3 is 0 Å². The van der Waals surface area contributed by atoms with Crippen LogP contribution in [0.15, 0.2) is 46.9 Å². The standard InChI is InChI=1S/C21H24N4OS2/c1-3-17(15-8-6-14(2)7-9-15)22-19(26)13-28-21-24-23-20(18-5-4-12-27-18)25(21)16-10-11-16/h4-9,12,16-17H,3,10-11,13H2,1-2H3,(H,22,26). The van der Waals surface area contributed by atoms with Crippen LogP contribution in [0.5, 0.6) is 0 Å². The fourth-order valence-electron chi connectivity index (χ4n) is 3.20. The van der Waals surface area contributed by atoms with Crippen molar-refractivity contribution in [3.05, 3.63) is 52.9 Å². The lowest BCUT2D eigenvalue weighted by atomic mass is 10.0. The minimum absolute atomic E-state index is 0.0282. The van der Waals surface area contributed by atoms with Gasteiger partial charge in [0.2, 0.25) is 5.91 Å². The van der Waals surface area contributed by atoms with Crippen LogP contribution < -0.4 is 5.32 Å². The second kappa shape index (κ2) is 8.49. The number of nitrogens with one attached hydrogen (secondary N) is 1. The number of rotatable bonds is 8. The molecule has 1 atom stereocenters. The van der Waals surface area contributed by atoms with Gasteiger partial charge in [0.15, 0.2) is 11.0 Å². The first-order valence-electron chi connectivity index (χ1n) is 9.63. The van der Waals surface area contributed by atoms with Crippen molar-refractivity contribution in [1.82, 2.24) is 20.1 Å². The topological polar surface area (TPSA) is 59.8 Å². The maximum Gasteiger partial charge on any atom is 0.230 e. The molecule has 1 amide bonds. The van der Waals surface area contributed by atoms with E-state index in [0.29, 0.717) is 11.8 Å². The maximum absolute atomic E-state index is 12.6. The summed E-state index contributed by atoms with van der Waals surface area (Å²) in [6.07, 6.45) is 3.17. The molecule has 0 bridgehead atoms. The van der Waals surface area contributed by atoms with Gasteiger partial charge in [0.25, 0.3) is 0 Å². The van der Waals surface area contributed by atoms with Gasteiger partial charge in [0.05, 0.1) is 16.7 Å². The average Bonchev–Trinajstić information content (AvgIpc) is 3.22. The number of thioether (sulfide) groups is 1. The highest BCUT2D eigenvalue weighted by Gasteiger charge is 2.30. The largest absolute Gasteiger partial charge is 0.349 e. The van der Waals surface area contributed by atoms with Gasteiger partial charge in [0.1, 0.15) is 0 Å². The Kier molecular flexibility index (Phi) is 5.82. The first-order valence-corrected chi connectivity index (χ1v) is 11.5. The summed E-state index contributed by atoms with van der Waals surface area (Å²) in [7, 11) is 0. The normalized spacial score (nSPS) is 14.8. The third kappa shape index (κ3) is 4.31. The highest BCUT2D eigenvalue weighted by Crippen LogP contribution is 2.41. The van der Waals surface area contributed by atoms with E-state index >= 15 is 0 Å². The molecular weight excluding hydrogens is 388 g/mol. The van der Waals surface area contributed by atoms with E-state index in [1.807, 2.05) is 6.07 Å². The van der Waals surface area contributed by atoms with Gasteiger partial charge in [-0.3, -0.25) is 9.36 Å². The molecule has 1 N–H and O–H groups in total. The molecule has 28 heavy (non-hydrogen) atoms. The Morgan fingerprint density at radius 3 is 2.71 bits per heavy atom. The molecule has 1 fully saturated rings. The minimum Gasteiger partial charge on any atom is -0.349 e. The lowest BCUT2D eigenvalue weighted by Crippen LogP contribution is -2.29. The number of aromatic nitrogens is 3. The molecule has 2 heterocycles. The van der Waals surface area contributed by atoms with E-state index < -0.39 is 0 Å². The Bertz CT molecular complexity index is 930. The lowest BCUT2D eigenvalue weighted by Gasteiger charge is -2.17. The molecule has 2 aromatic heterocycles. The molecule has 4 rings (SSSR count). The molecule has 0 aliphatic heterocycles. The highest BCUT2D eigenvalue weighted by atomic mass is 32.2. The van der Waals surface area contributed by atoms with Crippen molar-refractivity contribution in [2.75, 3.05) is 5.75 Å². The van der Waals surface area contributed by atoms with Crippen molar-refractivity contribution in [2.45, 2.75) is 50.4 Å². The molecule has 1 aliphatic carbocycles. The van der Waals surface area contributed by atoms with Gasteiger partial charge in [-0.1, -0.05) is 54.6 Å². The number of carbonyl (C=O) groups is 1. The van der Waals surface area contributed by atoms with Crippen LogP contribution in [0.3, 0.4) is 0 Å². The third-order valence-corrected chi connectivity index (χ3v) is 6.68. The zero-order valence-electron chi connectivity index (χ0n) is 16.1. The summed E-state index contributed by atoms with van der Waals surface area (Å²) >= 11 is 3.14. The molecule has 146 valence electrons. The molecule has 7 heteroatoms. The molecule has 3 aromatic rings. The summed E-state index contributed by atoms with van der Waals surface area (Å²) in [6, 6.07) is 13.0. The molecule has 1 aliphatic rings. The van der Waals surface area contributed by atoms with E-state index in [2.05, 4.69) is 69.6 Å². The van der Waals surface area contributed by atoms with E-state index in [-0.39, 0.29) is 11.9 Å². The SMILES string of the molecule is CCC(NC(=O)CSc1nnc(-c2cccs2)n1C1CC1)c1ccc(C)cc1. The Morgan fingerprint density at radius 2 is 2.07 bits per heavy atom. The predicted molar refractivity (Wildman–Crippen MR) is 115 cm³/mol. The summed E-state index contributed by atoms with van der Waals surface area (Å²) in [5.41, 5.74) is 2.37. The van der Waals surface area contributed by atoms with E-state index in [9.17, 15) is 4.79 Å². The second-order valence-electron chi connectivity index (χ2n) is 7.11. The Balaban J connectivity index is 1.41. The second-order valence-corrected chi connectivity index (χ2v) is 9.00. The molecule has 1 aromatic carbocycles. The van der Waals surface area contributed by atoms with Gasteiger partial charge in [0, 0.05) is 6.04 Å². The van der Waals surface area contributed by atoms with Crippen molar-refractivity contribution < 1.29 is 4.79 Å². The van der Waals surface area contributed by atoms with Crippen molar-refractivity contribution in [1.29, 1.82) is 0 Å². The van der Waals surface area contributed by atoms with Gasteiger partial charge in [-0.15, -0.1) is 21.5 Å². The number of nitrogens with zero attached hydrogens (tertiary/aromatic N) is 3. The van der Waals surface area contributed by atoms with E-state index in [1.54, 1.807) is 11.3 Å². The Hall–Kier alpha value is -2.12. The molecule has 1 unspecified atom stereocenters. The molecular formula is C21H24N4OS2. The van der Waals surface area contributed by atoms with Crippen molar-refractivity contribution in [3.8, 4) is 10.7 Å². The number of carbonyl (C=O) groups excluding carboxylic acids is 1. The summed E-state index contributed by atoms with van der Waals surface area (Å²) in [6.45, 7) is 4.16. The number of hydrogen-bond acceptors (Lipinski definition) is 5. The molecule has 5 nitrogen and oxygen atoms in total. The van der Waals surface area contributed by atoms with E-state index in [4.69, 9.17) is 0 Å². The average molecular weight is 413 g/mol. The third-order valence-electron chi connectivity index (χ3n) is 4.87. The van der Waals surface area contributed by atoms with Gasteiger partial charge in [-0.2, -0.15) is 0 Å².